The second-order valence-electron chi connectivity index (χ2n) is 9.66. The number of halogens is 1. The summed E-state index contributed by atoms with van der Waals surface area (Å²) in [6, 6.07) is 21.6. The van der Waals surface area contributed by atoms with Crippen molar-refractivity contribution in [1.82, 2.24) is 9.62 Å². The fourth-order valence-electron chi connectivity index (χ4n) is 5.14. The first-order valence-corrected chi connectivity index (χ1v) is 14.8. The van der Waals surface area contributed by atoms with Crippen LogP contribution in [-0.4, -0.2) is 57.4 Å². The zero-order valence-corrected chi connectivity index (χ0v) is 23.0. The largest absolute Gasteiger partial charge is 0.452 e. The lowest BCUT2D eigenvalue weighted by atomic mass is 9.88. The van der Waals surface area contributed by atoms with Gasteiger partial charge in [0.05, 0.1) is 21.5 Å². The van der Waals surface area contributed by atoms with Crippen molar-refractivity contribution in [2.45, 2.75) is 30.2 Å². The van der Waals surface area contributed by atoms with Crippen LogP contribution in [0.3, 0.4) is 0 Å². The number of esters is 1. The van der Waals surface area contributed by atoms with Gasteiger partial charge in [-0.15, -0.1) is 0 Å². The van der Waals surface area contributed by atoms with Gasteiger partial charge >= 0.3 is 5.97 Å². The molecule has 1 saturated heterocycles. The molecule has 5 rings (SSSR count). The van der Waals surface area contributed by atoms with Crippen LogP contribution in [0.25, 0.3) is 0 Å². The Morgan fingerprint density at radius 2 is 1.67 bits per heavy atom. The molecule has 0 aromatic heterocycles. The van der Waals surface area contributed by atoms with Gasteiger partial charge in [-0.05, 0) is 60.7 Å². The second-order valence-corrected chi connectivity index (χ2v) is 12.0. The first-order valence-electron chi connectivity index (χ1n) is 13.0. The smallest absolute Gasteiger partial charge is 0.340 e. The van der Waals surface area contributed by atoms with E-state index in [9.17, 15) is 18.0 Å². The number of carbonyl (C=O) groups is 2. The number of piperazine rings is 1. The molecule has 1 aliphatic carbocycles. The number of carbonyl (C=O) groups excluding carboxylic acids is 2. The molecular weight excluding hydrogens is 538 g/mol. The number of nitrogens with one attached hydrogen (secondary N) is 1. The third-order valence-corrected chi connectivity index (χ3v) is 9.42. The van der Waals surface area contributed by atoms with Gasteiger partial charge in [-0.1, -0.05) is 54.1 Å². The maximum Gasteiger partial charge on any atom is 0.340 e. The molecular formula is C29H30ClN3O5S. The molecule has 3 aromatic carbocycles. The number of sulfonamides is 1. The van der Waals surface area contributed by atoms with E-state index in [1.54, 1.807) is 0 Å². The molecule has 0 unspecified atom stereocenters. The zero-order valence-electron chi connectivity index (χ0n) is 21.4. The molecule has 1 fully saturated rings. The number of amides is 1. The summed E-state index contributed by atoms with van der Waals surface area (Å²) in [5.74, 6) is -1.29. The summed E-state index contributed by atoms with van der Waals surface area (Å²) >= 11 is 6.22. The zero-order chi connectivity index (χ0) is 27.4. The number of benzene rings is 3. The molecule has 3 aromatic rings. The molecule has 2 aliphatic rings. The van der Waals surface area contributed by atoms with Gasteiger partial charge in [0, 0.05) is 31.9 Å². The normalized spacial score (nSPS) is 17.8. The highest BCUT2D eigenvalue weighted by atomic mass is 35.5. The summed E-state index contributed by atoms with van der Waals surface area (Å²) < 4.78 is 33.3. The van der Waals surface area contributed by atoms with Gasteiger partial charge in [0.25, 0.3) is 5.91 Å². The van der Waals surface area contributed by atoms with Crippen LogP contribution in [0.5, 0.6) is 0 Å². The predicted molar refractivity (Wildman–Crippen MR) is 149 cm³/mol. The number of ether oxygens (including phenoxy) is 1. The van der Waals surface area contributed by atoms with Crippen LogP contribution in [0.1, 0.15) is 40.4 Å². The van der Waals surface area contributed by atoms with Gasteiger partial charge in [0.1, 0.15) is 0 Å². The van der Waals surface area contributed by atoms with E-state index in [-0.39, 0.29) is 21.5 Å². The Bertz CT molecular complexity index is 1460. The molecule has 0 saturated carbocycles. The van der Waals surface area contributed by atoms with Gasteiger partial charge in [-0.3, -0.25) is 4.79 Å². The highest BCUT2D eigenvalue weighted by molar-refractivity contribution is 7.89. The van der Waals surface area contributed by atoms with E-state index >= 15 is 0 Å². The predicted octanol–water partition coefficient (Wildman–Crippen LogP) is 4.20. The molecule has 8 nitrogen and oxygen atoms in total. The molecule has 1 amide bonds. The Hall–Kier alpha value is -3.40. The summed E-state index contributed by atoms with van der Waals surface area (Å²) in [5.41, 5.74) is 3.23. The average molecular weight is 568 g/mol. The van der Waals surface area contributed by atoms with Gasteiger partial charge in [0.2, 0.25) is 10.0 Å². The molecule has 0 radical (unpaired) electrons. The molecule has 0 bridgehead atoms. The van der Waals surface area contributed by atoms with E-state index < -0.39 is 28.5 Å². The molecule has 1 N–H and O–H groups in total. The van der Waals surface area contributed by atoms with Crippen molar-refractivity contribution in [3.63, 3.8) is 0 Å². The summed E-state index contributed by atoms with van der Waals surface area (Å²) in [4.78, 5) is 27.5. The Balaban J connectivity index is 1.21. The standard InChI is InChI=1S/C29H30ClN3O5S/c30-26-14-13-23(39(36,37)33-17-15-32(16-18-33)22-9-2-1-3-10-22)19-25(26)29(35)38-20-28(34)31-27-12-6-8-21-7-4-5-11-24(21)27/h1-5,7,9-11,13-14,19,27H,6,8,12,15-18,20H2,(H,31,34)/t27-/m1/s1. The van der Waals surface area contributed by atoms with Crippen molar-refractivity contribution < 1.29 is 22.7 Å². The van der Waals surface area contributed by atoms with Crippen LogP contribution < -0.4 is 10.2 Å². The van der Waals surface area contributed by atoms with E-state index in [1.165, 1.54) is 28.1 Å². The summed E-state index contributed by atoms with van der Waals surface area (Å²) in [5, 5.41) is 2.99. The lowest BCUT2D eigenvalue weighted by molar-refractivity contribution is -0.125. The fourth-order valence-corrected chi connectivity index (χ4v) is 6.79. The first-order chi connectivity index (χ1) is 18.8. The molecule has 0 spiro atoms. The van der Waals surface area contributed by atoms with Crippen LogP contribution in [-0.2, 0) is 26.0 Å². The fraction of sp³-hybridized carbons (Fsp3) is 0.310. The number of para-hydroxylation sites is 1. The molecule has 39 heavy (non-hydrogen) atoms. The molecule has 1 atom stereocenters. The first kappa shape index (κ1) is 27.2. The van der Waals surface area contributed by atoms with E-state index in [0.717, 1.165) is 30.5 Å². The summed E-state index contributed by atoms with van der Waals surface area (Å²) in [7, 11) is -3.86. The molecule has 1 aliphatic heterocycles. The van der Waals surface area contributed by atoms with E-state index in [0.29, 0.717) is 26.2 Å². The minimum Gasteiger partial charge on any atom is -0.452 e. The van der Waals surface area contributed by atoms with E-state index in [4.69, 9.17) is 16.3 Å². The SMILES string of the molecule is O=C(COC(=O)c1cc(S(=O)(=O)N2CCN(c3ccccc3)CC2)ccc1Cl)N[C@@H]1CCCc2ccccc21. The van der Waals surface area contributed by atoms with Crippen LogP contribution in [0.4, 0.5) is 5.69 Å². The third kappa shape index (κ3) is 6.11. The number of fused-ring (bicyclic) bond motifs is 1. The number of anilines is 1. The van der Waals surface area contributed by atoms with E-state index in [1.807, 2.05) is 48.5 Å². The van der Waals surface area contributed by atoms with Crippen molar-refractivity contribution in [2.24, 2.45) is 0 Å². The van der Waals surface area contributed by atoms with Gasteiger partial charge in [-0.2, -0.15) is 4.31 Å². The highest BCUT2D eigenvalue weighted by Crippen LogP contribution is 2.29. The molecule has 1 heterocycles. The summed E-state index contributed by atoms with van der Waals surface area (Å²) in [6.07, 6.45) is 2.74. The summed E-state index contributed by atoms with van der Waals surface area (Å²) in [6.45, 7) is 1.22. The van der Waals surface area contributed by atoms with Gasteiger partial charge in [0.15, 0.2) is 6.61 Å². The Kier molecular flexibility index (Phi) is 8.20. The Labute approximate surface area is 233 Å². The Morgan fingerprint density at radius 1 is 0.949 bits per heavy atom. The number of aryl methyl sites for hydroxylation is 1. The van der Waals surface area contributed by atoms with Gasteiger partial charge < -0.3 is 15.0 Å². The third-order valence-electron chi connectivity index (χ3n) is 7.19. The molecule has 204 valence electrons. The minimum atomic E-state index is -3.86. The number of hydrogen-bond acceptors (Lipinski definition) is 6. The van der Waals surface area contributed by atoms with Crippen molar-refractivity contribution in [1.29, 1.82) is 0 Å². The van der Waals surface area contributed by atoms with Crippen molar-refractivity contribution in [3.05, 3.63) is 94.5 Å². The lowest BCUT2D eigenvalue weighted by Gasteiger charge is -2.35. The van der Waals surface area contributed by atoms with Crippen molar-refractivity contribution in [3.8, 4) is 0 Å². The van der Waals surface area contributed by atoms with Crippen LogP contribution in [0.15, 0.2) is 77.7 Å². The van der Waals surface area contributed by atoms with Crippen molar-refractivity contribution >= 4 is 39.2 Å². The topological polar surface area (TPSA) is 96.0 Å². The maximum atomic E-state index is 13.4. The van der Waals surface area contributed by atoms with Crippen LogP contribution in [0.2, 0.25) is 5.02 Å². The van der Waals surface area contributed by atoms with Crippen LogP contribution >= 0.6 is 11.6 Å². The second kappa shape index (κ2) is 11.8. The van der Waals surface area contributed by atoms with Gasteiger partial charge in [-0.25, -0.2) is 13.2 Å². The van der Waals surface area contributed by atoms with Crippen LogP contribution in [0, 0.1) is 0 Å². The Morgan fingerprint density at radius 3 is 2.44 bits per heavy atom. The highest BCUT2D eigenvalue weighted by Gasteiger charge is 2.30. The quantitative estimate of drug-likeness (QED) is 0.430. The number of nitrogens with zero attached hydrogens (tertiary/aromatic N) is 2. The maximum absolute atomic E-state index is 13.4. The number of hydrogen-bond donors (Lipinski definition) is 1. The molecule has 10 heteroatoms. The minimum absolute atomic E-state index is 0.0460. The van der Waals surface area contributed by atoms with E-state index in [2.05, 4.69) is 16.3 Å². The monoisotopic (exact) mass is 567 g/mol. The lowest BCUT2D eigenvalue weighted by Crippen LogP contribution is -2.48. The van der Waals surface area contributed by atoms with Crippen molar-refractivity contribution in [2.75, 3.05) is 37.7 Å². The average Bonchev–Trinajstić information content (AvgIpc) is 2.97. The number of rotatable bonds is 7.